The smallest absolute Gasteiger partial charge is 0.335 e. The number of benzene rings is 1. The van der Waals surface area contributed by atoms with Gasteiger partial charge in [0.15, 0.2) is 6.10 Å². The first-order valence-electron chi connectivity index (χ1n) is 8.24. The van der Waals surface area contributed by atoms with Gasteiger partial charge in [-0.15, -0.1) is 0 Å². The van der Waals surface area contributed by atoms with Gasteiger partial charge < -0.3 is 34.5 Å². The van der Waals surface area contributed by atoms with Gasteiger partial charge in [0.25, 0.3) is 0 Å². The number of carbonyl (C=O) groups is 1. The zero-order valence-electron chi connectivity index (χ0n) is 14.6. The molecule has 0 amide bonds. The van der Waals surface area contributed by atoms with Crippen LogP contribution in [0.15, 0.2) is 18.2 Å². The summed E-state index contributed by atoms with van der Waals surface area (Å²) in [6.07, 6.45) is 3.25. The van der Waals surface area contributed by atoms with E-state index in [-0.39, 0.29) is 6.61 Å². The van der Waals surface area contributed by atoms with Crippen molar-refractivity contribution in [1.82, 2.24) is 0 Å². The third-order valence-corrected chi connectivity index (χ3v) is 3.48. The molecule has 0 spiro atoms. The van der Waals surface area contributed by atoms with Gasteiger partial charge in [0.1, 0.15) is 18.1 Å². The van der Waals surface area contributed by atoms with E-state index >= 15 is 0 Å². The Bertz CT molecular complexity index is 566. The molecule has 3 radical (unpaired) electrons. The summed E-state index contributed by atoms with van der Waals surface area (Å²) < 4.78 is 26.8. The topological polar surface area (TPSA) is 109 Å². The van der Waals surface area contributed by atoms with Gasteiger partial charge in [-0.05, 0) is 18.6 Å². The van der Waals surface area contributed by atoms with E-state index in [2.05, 4.69) is 4.74 Å². The first-order chi connectivity index (χ1) is 12.7. The molecule has 1 aliphatic rings. The van der Waals surface area contributed by atoms with Crippen molar-refractivity contribution in [2.24, 2.45) is 5.73 Å². The monoisotopic (exact) mass is 366 g/mol. The van der Waals surface area contributed by atoms with E-state index < -0.39 is 18.4 Å². The average molecular weight is 366 g/mol. The van der Waals surface area contributed by atoms with Crippen LogP contribution < -0.4 is 15.2 Å². The maximum atomic E-state index is 11.6. The van der Waals surface area contributed by atoms with Gasteiger partial charge in [-0.1, -0.05) is 0 Å². The molecule has 1 aliphatic heterocycles. The largest absolute Gasteiger partial charge is 0.491 e. The van der Waals surface area contributed by atoms with Crippen LogP contribution in [0.2, 0.25) is 0 Å². The minimum absolute atomic E-state index is 0.210. The number of aliphatic hydroxyl groups excluding tert-OH is 1. The highest BCUT2D eigenvalue weighted by Crippen LogP contribution is 2.28. The predicted octanol–water partition coefficient (Wildman–Crippen LogP) is 0.423. The van der Waals surface area contributed by atoms with Crippen LogP contribution in [0.4, 0.5) is 0 Å². The molecule has 3 N–H and O–H groups in total. The van der Waals surface area contributed by atoms with Crippen LogP contribution >= 0.6 is 0 Å². The van der Waals surface area contributed by atoms with Crippen LogP contribution in [0, 0.1) is 19.3 Å². The van der Waals surface area contributed by atoms with Crippen LogP contribution in [-0.2, 0) is 25.6 Å². The van der Waals surface area contributed by atoms with E-state index in [0.29, 0.717) is 43.4 Å². The second-order valence-electron chi connectivity index (χ2n) is 5.32. The molecule has 0 aliphatic carbocycles. The first kappa shape index (κ1) is 20.4. The number of rotatable bonds is 10. The Kier molecular flexibility index (Phi) is 8.63. The molecule has 1 fully saturated rings. The fourth-order valence-corrected chi connectivity index (χ4v) is 2.20. The van der Waals surface area contributed by atoms with Gasteiger partial charge in [-0.3, -0.25) is 0 Å². The SMILES string of the molecule is COC(=O)[C@@H]1[CH][CH][CH][C@H](Oc2cc(OCCOCCN)ccc2CO)O1. The zero-order chi connectivity index (χ0) is 18.8. The summed E-state index contributed by atoms with van der Waals surface area (Å²) in [5, 5.41) is 9.50. The molecule has 8 heteroatoms. The van der Waals surface area contributed by atoms with Crippen LogP contribution in [0.3, 0.4) is 0 Å². The Hall–Kier alpha value is -1.87. The highest BCUT2D eigenvalue weighted by atomic mass is 16.7. The molecule has 0 unspecified atom stereocenters. The average Bonchev–Trinajstić information content (AvgIpc) is 2.67. The molecule has 8 nitrogen and oxygen atoms in total. The lowest BCUT2D eigenvalue weighted by Gasteiger charge is -2.28. The van der Waals surface area contributed by atoms with E-state index in [9.17, 15) is 9.90 Å². The lowest BCUT2D eigenvalue weighted by atomic mass is 10.1. The van der Waals surface area contributed by atoms with Crippen molar-refractivity contribution in [3.63, 3.8) is 0 Å². The predicted molar refractivity (Wildman–Crippen MR) is 91.9 cm³/mol. The molecule has 0 bridgehead atoms. The molecule has 143 valence electrons. The quantitative estimate of drug-likeness (QED) is 0.453. The summed E-state index contributed by atoms with van der Waals surface area (Å²) in [7, 11) is 1.29. The Morgan fingerprint density at radius 2 is 2.12 bits per heavy atom. The van der Waals surface area contributed by atoms with E-state index in [1.165, 1.54) is 7.11 Å². The van der Waals surface area contributed by atoms with Crippen molar-refractivity contribution in [3.8, 4) is 11.5 Å². The molecule has 26 heavy (non-hydrogen) atoms. The Labute approximate surface area is 153 Å². The fraction of sp³-hybridized carbons (Fsp3) is 0.444. The van der Waals surface area contributed by atoms with Crippen molar-refractivity contribution >= 4 is 5.97 Å². The van der Waals surface area contributed by atoms with Crippen LogP contribution in [0.5, 0.6) is 11.5 Å². The summed E-state index contributed by atoms with van der Waals surface area (Å²) >= 11 is 0. The summed E-state index contributed by atoms with van der Waals surface area (Å²) in [5.41, 5.74) is 5.91. The minimum atomic E-state index is -0.841. The summed E-state index contributed by atoms with van der Waals surface area (Å²) in [4.78, 5) is 11.6. The maximum Gasteiger partial charge on any atom is 0.335 e. The van der Waals surface area contributed by atoms with Gasteiger partial charge in [-0.25, -0.2) is 4.79 Å². The van der Waals surface area contributed by atoms with Gasteiger partial charge in [0.2, 0.25) is 6.29 Å². The molecule has 0 saturated carbocycles. The van der Waals surface area contributed by atoms with Gasteiger partial charge in [0.05, 0.1) is 26.9 Å². The lowest BCUT2D eigenvalue weighted by molar-refractivity contribution is -0.165. The van der Waals surface area contributed by atoms with Gasteiger partial charge in [0, 0.05) is 31.0 Å². The third kappa shape index (κ3) is 6.14. The molecular formula is C18H24NO7. The molecule has 1 aromatic carbocycles. The molecule has 1 aromatic rings. The second kappa shape index (κ2) is 11.0. The van der Waals surface area contributed by atoms with Crippen LogP contribution in [-0.4, -0.2) is 56.9 Å². The summed E-state index contributed by atoms with van der Waals surface area (Å²) in [6.45, 7) is 1.50. The molecule has 1 heterocycles. The molecular weight excluding hydrogens is 342 g/mol. The molecule has 1 saturated heterocycles. The number of aliphatic hydroxyl groups is 1. The molecule has 2 rings (SSSR count). The van der Waals surface area contributed by atoms with Crippen molar-refractivity contribution in [3.05, 3.63) is 43.0 Å². The van der Waals surface area contributed by atoms with Crippen molar-refractivity contribution in [1.29, 1.82) is 0 Å². The lowest BCUT2D eigenvalue weighted by Crippen LogP contribution is -2.38. The highest BCUT2D eigenvalue weighted by molar-refractivity contribution is 5.76. The maximum absolute atomic E-state index is 11.6. The normalized spacial score (nSPS) is 19.8. The number of carbonyl (C=O) groups excluding carboxylic acids is 1. The molecule has 2 atom stereocenters. The number of hydrogen-bond donors (Lipinski definition) is 2. The number of ether oxygens (including phenoxy) is 5. The second-order valence-corrected chi connectivity index (χ2v) is 5.32. The van der Waals surface area contributed by atoms with E-state index in [1.54, 1.807) is 37.5 Å². The summed E-state index contributed by atoms with van der Waals surface area (Å²) in [6, 6.07) is 5.07. The number of methoxy groups -OCH3 is 1. The van der Waals surface area contributed by atoms with Crippen LogP contribution in [0.1, 0.15) is 5.56 Å². The number of esters is 1. The minimum Gasteiger partial charge on any atom is -0.491 e. The standard InChI is InChI=1S/C18H24NO7/c1-22-18(21)15-3-2-4-17(25-15)26-16-11-14(6-5-13(16)12-20)24-10-9-23-8-7-19/h2-6,11,15,17,20H,7-10,12,19H2,1H3/t15-,17-/m0/s1. The van der Waals surface area contributed by atoms with E-state index in [0.717, 1.165) is 0 Å². The fourth-order valence-electron chi connectivity index (χ4n) is 2.20. The Morgan fingerprint density at radius 3 is 2.85 bits per heavy atom. The Balaban J connectivity index is 1.95. The van der Waals surface area contributed by atoms with E-state index in [4.69, 9.17) is 24.7 Å². The van der Waals surface area contributed by atoms with Crippen molar-refractivity contribution in [2.75, 3.05) is 33.5 Å². The number of nitrogens with two attached hydrogens (primary N) is 1. The number of hydrogen-bond acceptors (Lipinski definition) is 8. The van der Waals surface area contributed by atoms with Crippen molar-refractivity contribution < 1.29 is 33.6 Å². The van der Waals surface area contributed by atoms with Gasteiger partial charge >= 0.3 is 5.97 Å². The van der Waals surface area contributed by atoms with Crippen LogP contribution in [0.25, 0.3) is 0 Å². The zero-order valence-corrected chi connectivity index (χ0v) is 14.6. The van der Waals surface area contributed by atoms with Gasteiger partial charge in [-0.2, -0.15) is 0 Å². The highest BCUT2D eigenvalue weighted by Gasteiger charge is 2.30. The van der Waals surface area contributed by atoms with E-state index in [1.807, 2.05) is 0 Å². The summed E-state index contributed by atoms with van der Waals surface area (Å²) in [5.74, 6) is 0.442. The third-order valence-electron chi connectivity index (χ3n) is 3.48. The first-order valence-corrected chi connectivity index (χ1v) is 8.24. The molecule has 0 aromatic heterocycles. The Morgan fingerprint density at radius 1 is 1.27 bits per heavy atom. The van der Waals surface area contributed by atoms with Crippen molar-refractivity contribution in [2.45, 2.75) is 19.0 Å².